The second kappa shape index (κ2) is 11.7. The molecule has 0 aromatic rings. The Morgan fingerprint density at radius 1 is 1.24 bits per heavy atom. The highest BCUT2D eigenvalue weighted by Crippen LogP contribution is 1.86. The average molecular weight is 246 g/mol. The van der Waals surface area contributed by atoms with E-state index in [1.165, 1.54) is 0 Å². The van der Waals surface area contributed by atoms with Crippen molar-refractivity contribution in [3.8, 4) is 0 Å². The minimum atomic E-state index is -1.23. The van der Waals surface area contributed by atoms with Crippen LogP contribution in [0.4, 0.5) is 0 Å². The van der Waals surface area contributed by atoms with Crippen molar-refractivity contribution in [3.05, 3.63) is 24.3 Å². The number of nitrogens with one attached hydrogen (secondary N) is 2. The number of allylic oxidation sites excluding steroid dienone is 3. The van der Waals surface area contributed by atoms with Crippen molar-refractivity contribution in [1.82, 2.24) is 10.9 Å². The maximum atomic E-state index is 9.21. The van der Waals surface area contributed by atoms with Crippen molar-refractivity contribution in [3.63, 3.8) is 0 Å². The van der Waals surface area contributed by atoms with Crippen molar-refractivity contribution in [1.29, 1.82) is 0 Å². The molecule has 2 atom stereocenters. The van der Waals surface area contributed by atoms with E-state index in [2.05, 4.69) is 17.8 Å². The fourth-order valence-corrected chi connectivity index (χ4v) is 0.863. The molecule has 0 saturated heterocycles. The molecule has 0 aromatic heterocycles. The number of hydrogen-bond donors (Lipinski definition) is 5. The van der Waals surface area contributed by atoms with Crippen LogP contribution >= 0.6 is 0 Å². The topological polar surface area (TPSA) is 94.0 Å². The lowest BCUT2D eigenvalue weighted by Crippen LogP contribution is -2.43. The van der Waals surface area contributed by atoms with Gasteiger partial charge in [-0.2, -0.15) is 0 Å². The normalized spacial score (nSPS) is 15.8. The quantitative estimate of drug-likeness (QED) is 0.151. The first-order chi connectivity index (χ1) is 8.20. The highest BCUT2D eigenvalue weighted by molar-refractivity contribution is 5.02. The zero-order chi connectivity index (χ0) is 12.9. The lowest BCUT2D eigenvalue weighted by Gasteiger charge is -2.15. The molecule has 6 heteroatoms. The van der Waals surface area contributed by atoms with Gasteiger partial charge in [0.2, 0.25) is 6.41 Å². The molecular formula is C11H22N2O4. The Hall–Kier alpha value is -0.760. The van der Waals surface area contributed by atoms with Gasteiger partial charge in [0, 0.05) is 6.54 Å². The largest absolute Gasteiger partial charge is 0.394 e. The van der Waals surface area contributed by atoms with Gasteiger partial charge < -0.3 is 20.1 Å². The van der Waals surface area contributed by atoms with Gasteiger partial charge in [0.25, 0.3) is 0 Å². The fourth-order valence-electron chi connectivity index (χ4n) is 0.863. The van der Waals surface area contributed by atoms with Crippen molar-refractivity contribution in [2.75, 3.05) is 19.8 Å². The molecule has 0 aliphatic rings. The summed E-state index contributed by atoms with van der Waals surface area (Å²) in [7, 11) is 0. The zero-order valence-corrected chi connectivity index (χ0v) is 10.0. The van der Waals surface area contributed by atoms with E-state index in [-0.39, 0.29) is 6.61 Å². The van der Waals surface area contributed by atoms with Gasteiger partial charge in [0.15, 0.2) is 0 Å². The molecule has 0 amide bonds. The number of aliphatic hydroxyl groups is 3. The van der Waals surface area contributed by atoms with Crippen molar-refractivity contribution in [2.45, 2.75) is 25.9 Å². The summed E-state index contributed by atoms with van der Waals surface area (Å²) in [6.45, 7) is 2.05. The molecule has 5 N–H and O–H groups in total. The van der Waals surface area contributed by atoms with Gasteiger partial charge in [-0.05, 0) is 6.42 Å². The molecule has 0 aromatic carbocycles. The Morgan fingerprint density at radius 3 is 2.59 bits per heavy atom. The monoisotopic (exact) mass is 246 g/mol. The van der Waals surface area contributed by atoms with Crippen molar-refractivity contribution >= 4 is 0 Å². The molecule has 0 bridgehead atoms. The molecule has 0 aliphatic carbocycles. The summed E-state index contributed by atoms with van der Waals surface area (Å²) < 4.78 is 4.77. The zero-order valence-electron chi connectivity index (χ0n) is 10.0. The molecule has 0 aliphatic heterocycles. The first-order valence-corrected chi connectivity index (χ1v) is 5.59. The van der Waals surface area contributed by atoms with Gasteiger partial charge in [-0.15, -0.1) is 0 Å². The van der Waals surface area contributed by atoms with Crippen LogP contribution in [0.5, 0.6) is 0 Å². The molecule has 100 valence electrons. The van der Waals surface area contributed by atoms with Crippen molar-refractivity contribution < 1.29 is 20.1 Å². The van der Waals surface area contributed by atoms with Crippen LogP contribution in [0.3, 0.4) is 0 Å². The first-order valence-electron chi connectivity index (χ1n) is 5.59. The lowest BCUT2D eigenvalue weighted by atomic mass is 10.4. The number of hydrazine groups is 1. The van der Waals surface area contributed by atoms with Crippen LogP contribution in [0, 0.1) is 0 Å². The summed E-state index contributed by atoms with van der Waals surface area (Å²) in [4.78, 5) is 0. The second-order valence-corrected chi connectivity index (χ2v) is 3.31. The molecule has 17 heavy (non-hydrogen) atoms. The van der Waals surface area contributed by atoms with E-state index < -0.39 is 19.1 Å². The summed E-state index contributed by atoms with van der Waals surface area (Å²) in [5.74, 6) is 0. The number of hydrogen-bond acceptors (Lipinski definition) is 6. The van der Waals surface area contributed by atoms with E-state index in [4.69, 9.17) is 14.9 Å². The van der Waals surface area contributed by atoms with Crippen LogP contribution in [0.2, 0.25) is 0 Å². The van der Waals surface area contributed by atoms with Crippen LogP contribution in [0.15, 0.2) is 24.3 Å². The van der Waals surface area contributed by atoms with E-state index in [0.29, 0.717) is 6.54 Å². The van der Waals surface area contributed by atoms with Gasteiger partial charge >= 0.3 is 0 Å². The summed E-state index contributed by atoms with van der Waals surface area (Å²) in [6.07, 6.45) is 6.51. The predicted octanol–water partition coefficient (Wildman–Crippen LogP) is -0.751. The third-order valence-electron chi connectivity index (χ3n) is 1.72. The Bertz CT molecular complexity index is 222. The van der Waals surface area contributed by atoms with Crippen LogP contribution < -0.4 is 10.9 Å². The molecular weight excluding hydrogens is 224 g/mol. The van der Waals surface area contributed by atoms with E-state index in [9.17, 15) is 5.11 Å². The van der Waals surface area contributed by atoms with Crippen molar-refractivity contribution in [2.24, 2.45) is 0 Å². The maximum Gasteiger partial charge on any atom is 0.226 e. The smallest absolute Gasteiger partial charge is 0.226 e. The molecule has 0 rings (SSSR count). The van der Waals surface area contributed by atoms with Gasteiger partial charge in [-0.3, -0.25) is 0 Å². The summed E-state index contributed by atoms with van der Waals surface area (Å²) >= 11 is 0. The average Bonchev–Trinajstić information content (AvgIpc) is 2.34. The van der Waals surface area contributed by atoms with Gasteiger partial charge in [-0.25, -0.2) is 10.9 Å². The van der Waals surface area contributed by atoms with Crippen LogP contribution in [0.25, 0.3) is 0 Å². The minimum absolute atomic E-state index is 0.137. The molecule has 0 heterocycles. The fraction of sp³-hybridized carbons (Fsp3) is 0.636. The number of aliphatic hydroxyl groups excluding tert-OH is 3. The van der Waals surface area contributed by atoms with Gasteiger partial charge in [0.05, 0.1) is 13.2 Å². The highest BCUT2D eigenvalue weighted by Gasteiger charge is 2.06. The Kier molecular flexibility index (Phi) is 11.2. The minimum Gasteiger partial charge on any atom is -0.394 e. The Morgan fingerprint density at radius 2 is 1.94 bits per heavy atom. The molecule has 0 saturated carbocycles. The Balaban J connectivity index is 3.41. The maximum absolute atomic E-state index is 9.21. The van der Waals surface area contributed by atoms with E-state index >= 15 is 0 Å². The summed E-state index contributed by atoms with van der Waals surface area (Å²) in [5.41, 5.74) is 5.18. The number of rotatable bonds is 10. The molecule has 2 unspecified atom stereocenters. The van der Waals surface area contributed by atoms with E-state index in [1.807, 2.05) is 24.3 Å². The SMILES string of the molecule is CC/C=C\C=C/CNNC(O)OCC(O)CO. The second-order valence-electron chi connectivity index (χ2n) is 3.31. The predicted molar refractivity (Wildman–Crippen MR) is 64.8 cm³/mol. The molecule has 0 spiro atoms. The third kappa shape index (κ3) is 11.5. The molecule has 6 nitrogen and oxygen atoms in total. The standard InChI is InChI=1S/C11H22N2O4/c1-2-3-4-5-6-7-12-13-11(16)17-9-10(15)8-14/h3-6,10-16H,2,7-9H2,1H3/b4-3-,6-5-. The third-order valence-corrected chi connectivity index (χ3v) is 1.72. The summed E-state index contributed by atoms with van der Waals surface area (Å²) in [5, 5.41) is 26.7. The van der Waals surface area contributed by atoms with Crippen LogP contribution in [0.1, 0.15) is 13.3 Å². The van der Waals surface area contributed by atoms with Crippen LogP contribution in [-0.2, 0) is 4.74 Å². The van der Waals surface area contributed by atoms with E-state index in [1.54, 1.807) is 0 Å². The van der Waals surface area contributed by atoms with Crippen LogP contribution in [-0.4, -0.2) is 47.6 Å². The molecule has 0 radical (unpaired) electrons. The molecule has 0 fully saturated rings. The highest BCUT2D eigenvalue weighted by atomic mass is 16.6. The summed E-state index contributed by atoms with van der Waals surface area (Å²) in [6, 6.07) is 0. The number of ether oxygens (including phenoxy) is 1. The van der Waals surface area contributed by atoms with Gasteiger partial charge in [0.1, 0.15) is 6.10 Å². The first kappa shape index (κ1) is 16.2. The Labute approximate surface area is 102 Å². The van der Waals surface area contributed by atoms with E-state index in [0.717, 1.165) is 6.42 Å². The van der Waals surface area contributed by atoms with Gasteiger partial charge in [-0.1, -0.05) is 31.2 Å². The lowest BCUT2D eigenvalue weighted by molar-refractivity contribution is -0.149.